The molecule has 1 heterocycles. The van der Waals surface area contributed by atoms with Gasteiger partial charge in [0.2, 0.25) is 11.8 Å². The van der Waals surface area contributed by atoms with Gasteiger partial charge in [-0.15, -0.1) is 0 Å². The Kier molecular flexibility index (Phi) is 5.62. The first-order valence-electron chi connectivity index (χ1n) is 8.23. The maximum absolute atomic E-state index is 12.5. The summed E-state index contributed by atoms with van der Waals surface area (Å²) in [6.45, 7) is 6.72. The second kappa shape index (κ2) is 7.25. The molecule has 2 unspecified atom stereocenters. The molecular weight excluding hydrogens is 268 g/mol. The van der Waals surface area contributed by atoms with Crippen molar-refractivity contribution in [2.24, 2.45) is 5.92 Å². The number of ether oxygens (including phenoxy) is 1. The Balaban J connectivity index is 1.86. The minimum Gasteiger partial charge on any atom is -0.376 e. The summed E-state index contributed by atoms with van der Waals surface area (Å²) in [5.41, 5.74) is 0. The van der Waals surface area contributed by atoms with Crippen LogP contribution in [-0.2, 0) is 14.3 Å². The Morgan fingerprint density at radius 1 is 1.24 bits per heavy atom. The molecule has 2 aliphatic rings. The Labute approximate surface area is 127 Å². The van der Waals surface area contributed by atoms with Crippen molar-refractivity contribution in [2.45, 2.75) is 71.1 Å². The van der Waals surface area contributed by atoms with Crippen LogP contribution in [0, 0.1) is 5.92 Å². The molecule has 21 heavy (non-hydrogen) atoms. The molecule has 1 saturated carbocycles. The molecule has 0 spiro atoms. The van der Waals surface area contributed by atoms with Gasteiger partial charge in [0.25, 0.3) is 0 Å². The highest BCUT2D eigenvalue weighted by Crippen LogP contribution is 2.20. The molecule has 2 rings (SSSR count). The van der Waals surface area contributed by atoms with Crippen molar-refractivity contribution in [3.8, 4) is 0 Å². The third-order valence-electron chi connectivity index (χ3n) is 4.60. The van der Waals surface area contributed by atoms with Crippen LogP contribution < -0.4 is 5.32 Å². The average Bonchev–Trinajstić information content (AvgIpc) is 2.47. The molecule has 0 aromatic carbocycles. The monoisotopic (exact) mass is 296 g/mol. The van der Waals surface area contributed by atoms with Crippen LogP contribution in [0.2, 0.25) is 0 Å². The van der Waals surface area contributed by atoms with Crippen molar-refractivity contribution in [2.75, 3.05) is 13.2 Å². The van der Waals surface area contributed by atoms with Crippen molar-refractivity contribution in [1.82, 2.24) is 10.2 Å². The lowest BCUT2D eigenvalue weighted by atomic mass is 9.97. The Hall–Kier alpha value is -1.10. The molecule has 5 nitrogen and oxygen atoms in total. The molecule has 1 saturated heterocycles. The maximum atomic E-state index is 12.5. The zero-order chi connectivity index (χ0) is 15.4. The van der Waals surface area contributed by atoms with Crippen LogP contribution in [0.4, 0.5) is 0 Å². The maximum Gasteiger partial charge on any atom is 0.246 e. The van der Waals surface area contributed by atoms with E-state index in [4.69, 9.17) is 4.74 Å². The standard InChI is InChI=1S/C16H28N2O3/c1-11(2)14-16(20)18(12(3)15(19)17-14)9-10-21-13-7-5-4-6-8-13/h11-14H,4-10H2,1-3H3,(H,17,19). The number of carbonyl (C=O) groups is 2. The first kappa shape index (κ1) is 16.3. The van der Waals surface area contributed by atoms with E-state index < -0.39 is 12.1 Å². The van der Waals surface area contributed by atoms with Gasteiger partial charge in [-0.3, -0.25) is 9.59 Å². The lowest BCUT2D eigenvalue weighted by molar-refractivity contribution is -0.151. The van der Waals surface area contributed by atoms with Gasteiger partial charge < -0.3 is 15.0 Å². The SMILES string of the molecule is CC(C)C1NC(=O)C(C)N(CCOC2CCCCC2)C1=O. The van der Waals surface area contributed by atoms with Crippen LogP contribution in [-0.4, -0.2) is 48.1 Å². The molecule has 5 heteroatoms. The number of carbonyl (C=O) groups excluding carboxylic acids is 2. The minimum atomic E-state index is -0.401. The van der Waals surface area contributed by atoms with Crippen molar-refractivity contribution in [3.05, 3.63) is 0 Å². The molecule has 0 aromatic heterocycles. The molecule has 1 aliphatic heterocycles. The third-order valence-corrected chi connectivity index (χ3v) is 4.60. The number of rotatable bonds is 5. The number of nitrogens with zero attached hydrogens (tertiary/aromatic N) is 1. The van der Waals surface area contributed by atoms with E-state index in [1.807, 2.05) is 13.8 Å². The molecule has 1 N–H and O–H groups in total. The highest BCUT2D eigenvalue weighted by molar-refractivity contribution is 5.96. The van der Waals surface area contributed by atoms with Gasteiger partial charge in [0.05, 0.1) is 12.7 Å². The van der Waals surface area contributed by atoms with Crippen molar-refractivity contribution >= 4 is 11.8 Å². The van der Waals surface area contributed by atoms with Gasteiger partial charge in [-0.25, -0.2) is 0 Å². The number of piperazine rings is 1. The summed E-state index contributed by atoms with van der Waals surface area (Å²) in [4.78, 5) is 26.1. The summed E-state index contributed by atoms with van der Waals surface area (Å²) in [6.07, 6.45) is 6.36. The van der Waals surface area contributed by atoms with Gasteiger partial charge in [0.15, 0.2) is 0 Å². The topological polar surface area (TPSA) is 58.6 Å². The van der Waals surface area contributed by atoms with Gasteiger partial charge in [-0.1, -0.05) is 33.1 Å². The largest absolute Gasteiger partial charge is 0.376 e. The Morgan fingerprint density at radius 2 is 1.90 bits per heavy atom. The second-order valence-corrected chi connectivity index (χ2v) is 6.57. The van der Waals surface area contributed by atoms with Gasteiger partial charge in [-0.2, -0.15) is 0 Å². The highest BCUT2D eigenvalue weighted by atomic mass is 16.5. The van der Waals surface area contributed by atoms with Crippen LogP contribution in [0.1, 0.15) is 52.9 Å². The number of amides is 2. The minimum absolute atomic E-state index is 0.0179. The van der Waals surface area contributed by atoms with Crippen molar-refractivity contribution < 1.29 is 14.3 Å². The van der Waals surface area contributed by atoms with Crippen LogP contribution in [0.5, 0.6) is 0 Å². The molecule has 0 bridgehead atoms. The fraction of sp³-hybridized carbons (Fsp3) is 0.875. The van der Waals surface area contributed by atoms with Crippen LogP contribution in [0.25, 0.3) is 0 Å². The number of hydrogen-bond donors (Lipinski definition) is 1. The predicted octanol–water partition coefficient (Wildman–Crippen LogP) is 1.71. The zero-order valence-electron chi connectivity index (χ0n) is 13.4. The first-order chi connectivity index (χ1) is 10.0. The van der Waals surface area contributed by atoms with Crippen molar-refractivity contribution in [3.63, 3.8) is 0 Å². The van der Waals surface area contributed by atoms with Crippen molar-refractivity contribution in [1.29, 1.82) is 0 Å². The van der Waals surface area contributed by atoms with E-state index in [1.54, 1.807) is 11.8 Å². The van der Waals surface area contributed by atoms with Gasteiger partial charge in [-0.05, 0) is 25.7 Å². The molecule has 2 amide bonds. The highest BCUT2D eigenvalue weighted by Gasteiger charge is 2.39. The molecule has 2 fully saturated rings. The number of nitrogens with one attached hydrogen (secondary N) is 1. The molecule has 120 valence electrons. The fourth-order valence-corrected chi connectivity index (χ4v) is 3.15. The molecule has 0 radical (unpaired) electrons. The van der Waals surface area contributed by atoms with E-state index in [0.29, 0.717) is 19.3 Å². The summed E-state index contributed by atoms with van der Waals surface area (Å²) in [5, 5.41) is 2.81. The first-order valence-corrected chi connectivity index (χ1v) is 8.23. The van der Waals surface area contributed by atoms with Gasteiger partial charge >= 0.3 is 0 Å². The van der Waals surface area contributed by atoms with E-state index in [2.05, 4.69) is 5.32 Å². The number of hydrogen-bond acceptors (Lipinski definition) is 3. The molecule has 1 aliphatic carbocycles. The summed E-state index contributed by atoms with van der Waals surface area (Å²) in [5.74, 6) is 0.0611. The Morgan fingerprint density at radius 3 is 2.52 bits per heavy atom. The summed E-state index contributed by atoms with van der Waals surface area (Å²) < 4.78 is 5.89. The van der Waals surface area contributed by atoms with E-state index in [9.17, 15) is 9.59 Å². The molecule has 2 atom stereocenters. The average molecular weight is 296 g/mol. The lowest BCUT2D eigenvalue weighted by Crippen LogP contribution is -2.64. The predicted molar refractivity (Wildman–Crippen MR) is 80.8 cm³/mol. The van der Waals surface area contributed by atoms with Gasteiger partial charge in [0.1, 0.15) is 12.1 Å². The fourth-order valence-electron chi connectivity index (χ4n) is 3.15. The van der Waals surface area contributed by atoms with E-state index >= 15 is 0 Å². The summed E-state index contributed by atoms with van der Waals surface area (Å²) >= 11 is 0. The van der Waals surface area contributed by atoms with E-state index in [0.717, 1.165) is 12.8 Å². The zero-order valence-corrected chi connectivity index (χ0v) is 13.4. The van der Waals surface area contributed by atoms with E-state index in [1.165, 1.54) is 19.3 Å². The van der Waals surface area contributed by atoms with Gasteiger partial charge in [0, 0.05) is 6.54 Å². The quantitative estimate of drug-likeness (QED) is 0.840. The van der Waals surface area contributed by atoms with Crippen LogP contribution in [0.15, 0.2) is 0 Å². The Bertz CT molecular complexity index is 378. The molecular formula is C16H28N2O3. The smallest absolute Gasteiger partial charge is 0.246 e. The second-order valence-electron chi connectivity index (χ2n) is 6.57. The summed E-state index contributed by atoms with van der Waals surface area (Å²) in [6, 6.07) is -0.800. The lowest BCUT2D eigenvalue weighted by Gasteiger charge is -2.39. The van der Waals surface area contributed by atoms with Crippen LogP contribution in [0.3, 0.4) is 0 Å². The van der Waals surface area contributed by atoms with E-state index in [-0.39, 0.29) is 17.7 Å². The summed E-state index contributed by atoms with van der Waals surface area (Å²) in [7, 11) is 0. The molecule has 0 aromatic rings. The third kappa shape index (κ3) is 3.96. The van der Waals surface area contributed by atoms with Crippen LogP contribution >= 0.6 is 0 Å². The normalized spacial score (nSPS) is 28.1.